The molecule has 0 aromatic heterocycles. The fourth-order valence-corrected chi connectivity index (χ4v) is 4.66. The summed E-state index contributed by atoms with van der Waals surface area (Å²) in [6, 6.07) is 0. The number of rotatable bonds is 10. The molecule has 0 radical (unpaired) electrons. The summed E-state index contributed by atoms with van der Waals surface area (Å²) in [5, 5.41) is 30.9. The van der Waals surface area contributed by atoms with Crippen LogP contribution in [-0.2, 0) is 24.0 Å². The number of carbonyl (C=O) groups is 5. The minimum Gasteiger partial charge on any atom is -0.480 e. The Hall–Kier alpha value is -2.65. The molecular formula is C29H58N6O8. The molecule has 2 aliphatic heterocycles. The SMILES string of the molecule is CC.CC.CC.CNC1(C=O)CCN(C(=O)CN2CCN(CC(=O)O)CCN(CC(=O)O)CCN(CC(=O)O)CC2)CC1. The van der Waals surface area contributed by atoms with E-state index in [2.05, 4.69) is 5.32 Å². The zero-order valence-electron chi connectivity index (χ0n) is 27.5. The largest absolute Gasteiger partial charge is 0.480 e. The lowest BCUT2D eigenvalue weighted by atomic mass is 9.89. The monoisotopic (exact) mass is 618 g/mol. The molecule has 0 aliphatic carbocycles. The van der Waals surface area contributed by atoms with Crippen molar-refractivity contribution in [3.63, 3.8) is 0 Å². The number of likely N-dealkylation sites (N-methyl/N-ethyl adjacent to an activating group) is 1. The summed E-state index contributed by atoms with van der Waals surface area (Å²) >= 11 is 0. The fourth-order valence-electron chi connectivity index (χ4n) is 4.66. The number of carbonyl (C=O) groups excluding carboxylic acids is 2. The van der Waals surface area contributed by atoms with Gasteiger partial charge < -0.3 is 30.3 Å². The lowest BCUT2D eigenvalue weighted by Gasteiger charge is -2.39. The molecule has 0 saturated carbocycles. The molecule has 2 aliphatic rings. The first-order valence-corrected chi connectivity index (χ1v) is 15.5. The second-order valence-electron chi connectivity index (χ2n) is 9.69. The molecule has 0 spiro atoms. The summed E-state index contributed by atoms with van der Waals surface area (Å²) in [6.07, 6.45) is 1.94. The van der Waals surface area contributed by atoms with E-state index in [0.717, 1.165) is 6.29 Å². The number of carboxylic acids is 3. The van der Waals surface area contributed by atoms with E-state index in [1.807, 2.05) is 46.4 Å². The minimum atomic E-state index is -1.01. The average Bonchev–Trinajstić information content (AvgIpc) is 3.00. The van der Waals surface area contributed by atoms with Gasteiger partial charge in [-0.3, -0.25) is 38.8 Å². The van der Waals surface area contributed by atoms with Gasteiger partial charge >= 0.3 is 17.9 Å². The molecule has 0 aromatic rings. The molecule has 14 nitrogen and oxygen atoms in total. The van der Waals surface area contributed by atoms with E-state index in [-0.39, 0.29) is 32.1 Å². The minimum absolute atomic E-state index is 0.0927. The van der Waals surface area contributed by atoms with Crippen LogP contribution in [0.2, 0.25) is 0 Å². The lowest BCUT2D eigenvalue weighted by Crippen LogP contribution is -2.56. The van der Waals surface area contributed by atoms with Crippen molar-refractivity contribution in [1.82, 2.24) is 29.8 Å². The number of piperidine rings is 1. The predicted octanol–water partition coefficient (Wildman–Crippen LogP) is 0.320. The van der Waals surface area contributed by atoms with Crippen molar-refractivity contribution in [2.75, 3.05) is 98.7 Å². The average molecular weight is 619 g/mol. The first-order chi connectivity index (χ1) is 20.6. The number of nitrogens with one attached hydrogen (secondary N) is 1. The smallest absolute Gasteiger partial charge is 0.317 e. The Morgan fingerprint density at radius 3 is 1.09 bits per heavy atom. The number of hydrogen-bond donors (Lipinski definition) is 4. The molecular weight excluding hydrogens is 560 g/mol. The number of carboxylic acid groups (broad SMARTS) is 3. The lowest BCUT2D eigenvalue weighted by molar-refractivity contribution is -0.141. The summed E-state index contributed by atoms with van der Waals surface area (Å²) in [6.45, 7) is 15.1. The Morgan fingerprint density at radius 1 is 0.581 bits per heavy atom. The van der Waals surface area contributed by atoms with Crippen LogP contribution in [0.5, 0.6) is 0 Å². The summed E-state index contributed by atoms with van der Waals surface area (Å²) in [5.41, 5.74) is -0.618. The molecule has 1 amide bonds. The van der Waals surface area contributed by atoms with E-state index in [0.29, 0.717) is 78.3 Å². The maximum absolute atomic E-state index is 13.1. The number of hydrogen-bond acceptors (Lipinski definition) is 10. The van der Waals surface area contributed by atoms with Crippen LogP contribution in [0.25, 0.3) is 0 Å². The van der Waals surface area contributed by atoms with Gasteiger partial charge in [-0.15, -0.1) is 0 Å². The third-order valence-corrected chi connectivity index (χ3v) is 7.10. The number of aldehydes is 1. The van der Waals surface area contributed by atoms with Crippen LogP contribution in [0.1, 0.15) is 54.4 Å². The molecule has 2 heterocycles. The van der Waals surface area contributed by atoms with Gasteiger partial charge in [-0.2, -0.15) is 0 Å². The van der Waals surface area contributed by atoms with Gasteiger partial charge in [0.05, 0.1) is 31.7 Å². The first kappa shape index (κ1) is 42.5. The number of aliphatic carboxylic acids is 3. The van der Waals surface area contributed by atoms with Crippen molar-refractivity contribution in [2.24, 2.45) is 0 Å². The molecule has 2 fully saturated rings. The topological polar surface area (TPSA) is 174 Å². The van der Waals surface area contributed by atoms with Gasteiger partial charge in [-0.1, -0.05) is 41.5 Å². The Morgan fingerprint density at radius 2 is 0.860 bits per heavy atom. The number of nitrogens with zero attached hydrogens (tertiary/aromatic N) is 5. The highest BCUT2D eigenvalue weighted by molar-refractivity contribution is 5.79. The van der Waals surface area contributed by atoms with Crippen molar-refractivity contribution in [3.05, 3.63) is 0 Å². The molecule has 0 aromatic carbocycles. The summed E-state index contributed by atoms with van der Waals surface area (Å²) in [7, 11) is 1.73. The van der Waals surface area contributed by atoms with Crippen molar-refractivity contribution < 1.29 is 39.3 Å². The zero-order valence-corrected chi connectivity index (χ0v) is 27.5. The van der Waals surface area contributed by atoms with Crippen LogP contribution in [-0.4, -0.2) is 174 Å². The van der Waals surface area contributed by atoms with Crippen LogP contribution >= 0.6 is 0 Å². The van der Waals surface area contributed by atoms with Crippen molar-refractivity contribution in [3.8, 4) is 0 Å². The van der Waals surface area contributed by atoms with Crippen molar-refractivity contribution >= 4 is 30.1 Å². The molecule has 0 unspecified atom stereocenters. The van der Waals surface area contributed by atoms with E-state index in [9.17, 15) is 39.3 Å². The Bertz CT molecular complexity index is 776. The standard InChI is InChI=1S/C23H40N6O8.3C2H6/c1-24-23(18-30)2-4-29(5-3-23)19(31)14-25-6-8-26(15-20(32)33)10-12-28(17-22(36)37)13-11-27(9-7-25)16-21(34)35;3*1-2/h18,24H,2-17H2,1H3,(H,32,33)(H,34,35)(H,36,37);3*1-2H3. The van der Waals surface area contributed by atoms with E-state index in [1.165, 1.54) is 0 Å². The molecule has 2 rings (SSSR count). The number of likely N-dealkylation sites (tertiary alicyclic amines) is 1. The molecule has 252 valence electrons. The normalized spacial score (nSPS) is 18.9. The van der Waals surface area contributed by atoms with E-state index in [4.69, 9.17) is 0 Å². The number of amides is 1. The van der Waals surface area contributed by atoms with Gasteiger partial charge in [-0.25, -0.2) is 0 Å². The zero-order chi connectivity index (χ0) is 33.4. The fraction of sp³-hybridized carbons (Fsp3) is 0.828. The molecule has 0 atom stereocenters. The summed E-state index contributed by atoms with van der Waals surface area (Å²) in [4.78, 5) is 67.4. The maximum Gasteiger partial charge on any atom is 0.317 e. The third-order valence-electron chi connectivity index (χ3n) is 7.10. The van der Waals surface area contributed by atoms with Gasteiger partial charge in [0, 0.05) is 65.4 Å². The van der Waals surface area contributed by atoms with E-state index < -0.39 is 23.4 Å². The second kappa shape index (κ2) is 24.8. The van der Waals surface area contributed by atoms with Crippen LogP contribution in [0.4, 0.5) is 0 Å². The Kier molecular flexibility index (Phi) is 24.5. The maximum atomic E-state index is 13.1. The van der Waals surface area contributed by atoms with Crippen molar-refractivity contribution in [1.29, 1.82) is 0 Å². The van der Waals surface area contributed by atoms with Crippen LogP contribution in [0.3, 0.4) is 0 Å². The highest BCUT2D eigenvalue weighted by Crippen LogP contribution is 2.20. The quantitative estimate of drug-likeness (QED) is 0.247. The third kappa shape index (κ3) is 17.9. The molecule has 0 bridgehead atoms. The van der Waals surface area contributed by atoms with Gasteiger partial charge in [0.15, 0.2) is 0 Å². The van der Waals surface area contributed by atoms with Gasteiger partial charge in [0.25, 0.3) is 0 Å². The van der Waals surface area contributed by atoms with E-state index in [1.54, 1.807) is 26.6 Å². The summed E-state index contributed by atoms with van der Waals surface area (Å²) in [5.74, 6) is -3.10. The first-order valence-electron chi connectivity index (χ1n) is 15.5. The molecule has 4 N–H and O–H groups in total. The van der Waals surface area contributed by atoms with Gasteiger partial charge in [0.1, 0.15) is 6.29 Å². The molecule has 2 saturated heterocycles. The van der Waals surface area contributed by atoms with Gasteiger partial charge in [-0.05, 0) is 19.9 Å². The van der Waals surface area contributed by atoms with Crippen LogP contribution < -0.4 is 5.32 Å². The van der Waals surface area contributed by atoms with Crippen molar-refractivity contribution in [2.45, 2.75) is 59.9 Å². The van der Waals surface area contributed by atoms with E-state index >= 15 is 0 Å². The Labute approximate surface area is 258 Å². The summed E-state index contributed by atoms with van der Waals surface area (Å²) < 4.78 is 0. The van der Waals surface area contributed by atoms with Gasteiger partial charge in [0.2, 0.25) is 5.91 Å². The van der Waals surface area contributed by atoms with Crippen LogP contribution in [0, 0.1) is 0 Å². The second-order valence-corrected chi connectivity index (χ2v) is 9.69. The molecule has 43 heavy (non-hydrogen) atoms. The van der Waals surface area contributed by atoms with Crippen LogP contribution in [0.15, 0.2) is 0 Å². The predicted molar refractivity (Wildman–Crippen MR) is 166 cm³/mol. The highest BCUT2D eigenvalue weighted by atomic mass is 16.4. The molecule has 14 heteroatoms. The highest BCUT2D eigenvalue weighted by Gasteiger charge is 2.34. The Balaban J connectivity index is 0.